The molecule has 0 spiro atoms. The van der Waals surface area contributed by atoms with Gasteiger partial charge in [0.1, 0.15) is 11.5 Å². The molecule has 0 saturated carbocycles. The van der Waals surface area contributed by atoms with E-state index < -0.39 is 0 Å². The molecule has 1 heteroatoms. The molecule has 0 fully saturated rings. The van der Waals surface area contributed by atoms with Crippen LogP contribution < -0.4 is 4.74 Å². The van der Waals surface area contributed by atoms with Crippen LogP contribution in [0, 0.1) is 12.3 Å². The van der Waals surface area contributed by atoms with Crippen molar-refractivity contribution in [3.63, 3.8) is 0 Å². The predicted molar refractivity (Wildman–Crippen MR) is 88.3 cm³/mol. The molecule has 104 valence electrons. The molecule has 0 N–H and O–H groups in total. The van der Waals surface area contributed by atoms with Crippen LogP contribution in [-0.2, 0) is 0 Å². The Hall–Kier alpha value is -2.98. The summed E-state index contributed by atoms with van der Waals surface area (Å²) in [4.78, 5) is 0. The topological polar surface area (TPSA) is 9.23 Å². The summed E-state index contributed by atoms with van der Waals surface area (Å²) in [7, 11) is 0. The lowest BCUT2D eigenvalue weighted by Gasteiger charge is -2.28. The van der Waals surface area contributed by atoms with E-state index in [1.165, 1.54) is 16.7 Å². The van der Waals surface area contributed by atoms with Crippen LogP contribution in [0.3, 0.4) is 0 Å². The van der Waals surface area contributed by atoms with Crippen molar-refractivity contribution in [1.29, 1.82) is 0 Å². The van der Waals surface area contributed by atoms with Crippen LogP contribution in [-0.4, -0.2) is 0 Å². The molecule has 1 aliphatic heterocycles. The number of ether oxygens (including phenoxy) is 1. The minimum atomic E-state index is 0.174. The lowest BCUT2D eigenvalue weighted by molar-refractivity contribution is 0.453. The van der Waals surface area contributed by atoms with Gasteiger partial charge in [-0.15, -0.1) is 6.42 Å². The van der Waals surface area contributed by atoms with E-state index in [9.17, 15) is 0 Å². The number of rotatable bonds is 1. The highest BCUT2D eigenvalue weighted by Gasteiger charge is 2.27. The highest BCUT2D eigenvalue weighted by Crippen LogP contribution is 2.46. The first-order valence-electron chi connectivity index (χ1n) is 7.29. The molecule has 0 amide bonds. The van der Waals surface area contributed by atoms with E-state index in [0.29, 0.717) is 0 Å². The van der Waals surface area contributed by atoms with Crippen LogP contribution in [0.4, 0.5) is 0 Å². The second-order valence-electron chi connectivity index (χ2n) is 5.38. The fraction of sp³-hybridized carbons (Fsp3) is 0.0476. The standard InChI is InChI=1S/C21H14O/c1-2-15-11-13-16(14-12-15)21-17-7-3-5-9-19(17)22-20-10-6-4-8-18(20)21/h1,3-14,21H. The Balaban J connectivity index is 1.92. The third kappa shape index (κ3) is 1.98. The molecule has 4 rings (SSSR count). The van der Waals surface area contributed by atoms with Gasteiger partial charge in [-0.2, -0.15) is 0 Å². The summed E-state index contributed by atoms with van der Waals surface area (Å²) < 4.78 is 6.04. The summed E-state index contributed by atoms with van der Waals surface area (Å²) in [6.45, 7) is 0. The SMILES string of the molecule is C#Cc1ccc(C2c3ccccc3Oc3ccccc32)cc1. The van der Waals surface area contributed by atoms with Gasteiger partial charge in [0.05, 0.1) is 0 Å². The molecule has 22 heavy (non-hydrogen) atoms. The largest absolute Gasteiger partial charge is 0.457 e. The van der Waals surface area contributed by atoms with E-state index in [1.54, 1.807) is 0 Å². The summed E-state index contributed by atoms with van der Waals surface area (Å²) in [5.74, 6) is 4.69. The molecule has 1 heterocycles. The molecule has 1 aliphatic rings. The van der Waals surface area contributed by atoms with Crippen molar-refractivity contribution >= 4 is 0 Å². The van der Waals surface area contributed by atoms with Crippen LogP contribution in [0.5, 0.6) is 11.5 Å². The second-order valence-corrected chi connectivity index (χ2v) is 5.38. The van der Waals surface area contributed by atoms with E-state index in [1.807, 2.05) is 36.4 Å². The maximum Gasteiger partial charge on any atom is 0.131 e. The normalized spacial score (nSPS) is 12.7. The van der Waals surface area contributed by atoms with Crippen molar-refractivity contribution in [1.82, 2.24) is 0 Å². The van der Waals surface area contributed by atoms with Gasteiger partial charge in [-0.25, -0.2) is 0 Å². The molecular formula is C21H14O. The lowest BCUT2D eigenvalue weighted by atomic mass is 9.82. The zero-order valence-electron chi connectivity index (χ0n) is 12.0. The Kier molecular flexibility index (Phi) is 2.95. The highest BCUT2D eigenvalue weighted by molar-refractivity contribution is 5.58. The smallest absolute Gasteiger partial charge is 0.131 e. The van der Waals surface area contributed by atoms with Crippen molar-refractivity contribution < 1.29 is 4.74 Å². The van der Waals surface area contributed by atoms with Gasteiger partial charge in [-0.3, -0.25) is 0 Å². The van der Waals surface area contributed by atoms with Gasteiger partial charge in [0.25, 0.3) is 0 Å². The Morgan fingerprint density at radius 3 is 1.82 bits per heavy atom. The third-order valence-corrected chi connectivity index (χ3v) is 4.09. The lowest BCUT2D eigenvalue weighted by Crippen LogP contribution is -2.11. The van der Waals surface area contributed by atoms with Crippen molar-refractivity contribution in [2.75, 3.05) is 0 Å². The van der Waals surface area contributed by atoms with Crippen molar-refractivity contribution in [3.05, 3.63) is 95.1 Å². The zero-order valence-corrected chi connectivity index (χ0v) is 12.0. The Labute approximate surface area is 130 Å². The van der Waals surface area contributed by atoms with E-state index >= 15 is 0 Å². The minimum Gasteiger partial charge on any atom is -0.457 e. The van der Waals surface area contributed by atoms with Gasteiger partial charge in [0, 0.05) is 22.6 Å². The average Bonchev–Trinajstić information content (AvgIpc) is 2.60. The maximum atomic E-state index is 6.04. The van der Waals surface area contributed by atoms with Gasteiger partial charge in [-0.05, 0) is 29.8 Å². The van der Waals surface area contributed by atoms with Crippen LogP contribution in [0.2, 0.25) is 0 Å². The number of hydrogen-bond donors (Lipinski definition) is 0. The van der Waals surface area contributed by atoms with Gasteiger partial charge < -0.3 is 4.74 Å². The second kappa shape index (κ2) is 5.09. The number of terminal acetylenes is 1. The summed E-state index contributed by atoms with van der Waals surface area (Å²) in [5, 5.41) is 0. The summed E-state index contributed by atoms with van der Waals surface area (Å²) in [5.41, 5.74) is 4.50. The fourth-order valence-electron chi connectivity index (χ4n) is 3.04. The average molecular weight is 282 g/mol. The number of benzene rings is 3. The molecule has 3 aromatic carbocycles. The molecule has 0 radical (unpaired) electrons. The monoisotopic (exact) mass is 282 g/mol. The van der Waals surface area contributed by atoms with Crippen LogP contribution in [0.25, 0.3) is 0 Å². The quantitative estimate of drug-likeness (QED) is 0.449. The van der Waals surface area contributed by atoms with Crippen LogP contribution in [0.1, 0.15) is 28.2 Å². The number of fused-ring (bicyclic) bond motifs is 2. The fourth-order valence-corrected chi connectivity index (χ4v) is 3.04. The summed E-state index contributed by atoms with van der Waals surface area (Å²) in [6, 6.07) is 24.6. The Morgan fingerprint density at radius 1 is 0.727 bits per heavy atom. The molecule has 0 saturated heterocycles. The third-order valence-electron chi connectivity index (χ3n) is 4.09. The van der Waals surface area contributed by atoms with Crippen LogP contribution >= 0.6 is 0 Å². The van der Waals surface area contributed by atoms with E-state index in [4.69, 9.17) is 11.2 Å². The number of hydrogen-bond acceptors (Lipinski definition) is 1. The summed E-state index contributed by atoms with van der Waals surface area (Å²) >= 11 is 0. The molecule has 0 atom stereocenters. The van der Waals surface area contributed by atoms with Crippen molar-refractivity contribution in [2.45, 2.75) is 5.92 Å². The molecule has 0 bridgehead atoms. The highest BCUT2D eigenvalue weighted by atomic mass is 16.5. The Bertz CT molecular complexity index is 823. The minimum absolute atomic E-state index is 0.174. The molecular weight excluding hydrogens is 268 g/mol. The van der Waals surface area contributed by atoms with Gasteiger partial charge in [0.2, 0.25) is 0 Å². The molecule has 3 aromatic rings. The van der Waals surface area contributed by atoms with Gasteiger partial charge in [-0.1, -0.05) is 54.5 Å². The molecule has 0 aliphatic carbocycles. The maximum absolute atomic E-state index is 6.04. The predicted octanol–water partition coefficient (Wildman–Crippen LogP) is 4.95. The first-order chi connectivity index (χ1) is 10.9. The molecule has 1 nitrogen and oxygen atoms in total. The van der Waals surface area contributed by atoms with E-state index in [0.717, 1.165) is 17.1 Å². The van der Waals surface area contributed by atoms with Gasteiger partial charge >= 0.3 is 0 Å². The first kappa shape index (κ1) is 12.7. The van der Waals surface area contributed by atoms with Crippen molar-refractivity contribution in [2.24, 2.45) is 0 Å². The Morgan fingerprint density at radius 2 is 1.27 bits per heavy atom. The molecule has 0 aromatic heterocycles. The summed E-state index contributed by atoms with van der Waals surface area (Å²) in [6.07, 6.45) is 5.46. The molecule has 0 unspecified atom stereocenters. The van der Waals surface area contributed by atoms with E-state index in [2.05, 4.69) is 42.3 Å². The van der Waals surface area contributed by atoms with Crippen molar-refractivity contribution in [3.8, 4) is 23.8 Å². The first-order valence-corrected chi connectivity index (χ1v) is 7.29. The van der Waals surface area contributed by atoms with E-state index in [-0.39, 0.29) is 5.92 Å². The number of para-hydroxylation sites is 2. The van der Waals surface area contributed by atoms with Crippen LogP contribution in [0.15, 0.2) is 72.8 Å². The zero-order chi connectivity index (χ0) is 14.9. The van der Waals surface area contributed by atoms with Gasteiger partial charge in [0.15, 0.2) is 0 Å².